The molecule has 8 nitrogen and oxygen atoms in total. The first kappa shape index (κ1) is 21.2. The van der Waals surface area contributed by atoms with Gasteiger partial charge in [-0.25, -0.2) is 0 Å². The molecule has 0 saturated carbocycles. The Morgan fingerprint density at radius 3 is 2.04 bits per heavy atom. The van der Waals surface area contributed by atoms with E-state index in [1.165, 1.54) is 14.2 Å². The maximum Gasteiger partial charge on any atom is 0.255 e. The van der Waals surface area contributed by atoms with E-state index in [-0.39, 0.29) is 18.4 Å². The van der Waals surface area contributed by atoms with Crippen LogP contribution in [-0.2, 0) is 14.3 Å². The lowest BCUT2D eigenvalue weighted by molar-refractivity contribution is -0.121. The van der Waals surface area contributed by atoms with Gasteiger partial charge in [-0.15, -0.1) is 0 Å². The highest BCUT2D eigenvalue weighted by Crippen LogP contribution is 2.36. The first-order valence-electron chi connectivity index (χ1n) is 8.58. The molecular weight excluding hydrogens is 364 g/mol. The molecule has 28 heavy (non-hydrogen) atoms. The summed E-state index contributed by atoms with van der Waals surface area (Å²) in [6, 6.07) is 12.0. The number of methoxy groups -OCH3 is 3. The van der Waals surface area contributed by atoms with Crippen molar-refractivity contribution in [3.05, 3.63) is 48.0 Å². The Balaban J connectivity index is 2.14. The molecule has 0 heterocycles. The summed E-state index contributed by atoms with van der Waals surface area (Å²) in [7, 11) is 4.49. The SMILES string of the molecule is COCCOCC(=O)Nc1cc(OC)c(NC(=O)c2ccccc2)cc1OC. The summed E-state index contributed by atoms with van der Waals surface area (Å²) in [4.78, 5) is 24.5. The van der Waals surface area contributed by atoms with Crippen molar-refractivity contribution < 1.29 is 28.5 Å². The van der Waals surface area contributed by atoms with E-state index in [0.717, 1.165) is 0 Å². The molecule has 0 aromatic heterocycles. The predicted octanol–water partition coefficient (Wildman–Crippen LogP) is 2.56. The van der Waals surface area contributed by atoms with Gasteiger partial charge in [0.05, 0.1) is 38.8 Å². The van der Waals surface area contributed by atoms with E-state index in [1.54, 1.807) is 43.5 Å². The molecule has 0 atom stereocenters. The monoisotopic (exact) mass is 388 g/mol. The van der Waals surface area contributed by atoms with E-state index >= 15 is 0 Å². The van der Waals surface area contributed by atoms with Crippen LogP contribution in [0.1, 0.15) is 10.4 Å². The molecule has 0 spiro atoms. The highest BCUT2D eigenvalue weighted by molar-refractivity contribution is 6.05. The van der Waals surface area contributed by atoms with Crippen LogP contribution in [-0.4, -0.2) is 53.0 Å². The van der Waals surface area contributed by atoms with Crippen LogP contribution in [0.2, 0.25) is 0 Å². The second-order valence-corrected chi connectivity index (χ2v) is 5.67. The van der Waals surface area contributed by atoms with Crippen molar-refractivity contribution in [2.75, 3.05) is 51.8 Å². The van der Waals surface area contributed by atoms with Crippen molar-refractivity contribution in [3.8, 4) is 11.5 Å². The summed E-state index contributed by atoms with van der Waals surface area (Å²) in [5.41, 5.74) is 1.33. The predicted molar refractivity (Wildman–Crippen MR) is 105 cm³/mol. The summed E-state index contributed by atoms with van der Waals surface area (Å²) >= 11 is 0. The minimum absolute atomic E-state index is 0.124. The topological polar surface area (TPSA) is 95.1 Å². The lowest BCUT2D eigenvalue weighted by Gasteiger charge is -2.16. The molecule has 0 aliphatic heterocycles. The molecule has 0 bridgehead atoms. The van der Waals surface area contributed by atoms with Crippen LogP contribution >= 0.6 is 0 Å². The molecule has 0 aliphatic carbocycles. The van der Waals surface area contributed by atoms with Crippen molar-refractivity contribution in [2.45, 2.75) is 0 Å². The smallest absolute Gasteiger partial charge is 0.255 e. The number of hydrogen-bond donors (Lipinski definition) is 2. The lowest BCUT2D eigenvalue weighted by Crippen LogP contribution is -2.20. The van der Waals surface area contributed by atoms with Gasteiger partial charge < -0.3 is 29.6 Å². The first-order valence-corrected chi connectivity index (χ1v) is 8.58. The van der Waals surface area contributed by atoms with Crippen LogP contribution in [0.4, 0.5) is 11.4 Å². The van der Waals surface area contributed by atoms with Gasteiger partial charge >= 0.3 is 0 Å². The molecule has 2 rings (SSSR count). The molecule has 8 heteroatoms. The Morgan fingerprint density at radius 2 is 1.46 bits per heavy atom. The Hall–Kier alpha value is -3.10. The number of hydrogen-bond acceptors (Lipinski definition) is 6. The Morgan fingerprint density at radius 1 is 0.857 bits per heavy atom. The highest BCUT2D eigenvalue weighted by atomic mass is 16.5. The van der Waals surface area contributed by atoms with E-state index in [4.69, 9.17) is 18.9 Å². The minimum Gasteiger partial charge on any atom is -0.494 e. The molecule has 2 amide bonds. The number of nitrogens with one attached hydrogen (secondary N) is 2. The number of anilines is 2. The van der Waals surface area contributed by atoms with Crippen molar-refractivity contribution in [3.63, 3.8) is 0 Å². The lowest BCUT2D eigenvalue weighted by atomic mass is 10.2. The van der Waals surface area contributed by atoms with Crippen LogP contribution < -0.4 is 20.1 Å². The standard InChI is InChI=1S/C20H24N2O6/c1-25-9-10-28-13-19(23)21-15-11-18(27-3)16(12-17(15)26-2)22-20(24)14-7-5-4-6-8-14/h4-8,11-12H,9-10,13H2,1-3H3,(H,21,23)(H,22,24). The van der Waals surface area contributed by atoms with Gasteiger partial charge in [0.2, 0.25) is 5.91 Å². The average Bonchev–Trinajstić information content (AvgIpc) is 2.72. The summed E-state index contributed by atoms with van der Waals surface area (Å²) in [5.74, 6) is 0.108. The highest BCUT2D eigenvalue weighted by Gasteiger charge is 2.16. The molecule has 0 aliphatic rings. The van der Waals surface area contributed by atoms with Gasteiger partial charge in [0.15, 0.2) is 0 Å². The van der Waals surface area contributed by atoms with Crippen molar-refractivity contribution in [2.24, 2.45) is 0 Å². The number of carbonyl (C=O) groups is 2. The molecule has 2 aromatic rings. The minimum atomic E-state index is -0.350. The largest absolute Gasteiger partial charge is 0.494 e. The van der Waals surface area contributed by atoms with Crippen molar-refractivity contribution in [1.82, 2.24) is 0 Å². The second-order valence-electron chi connectivity index (χ2n) is 5.67. The third-order valence-electron chi connectivity index (χ3n) is 3.74. The van der Waals surface area contributed by atoms with Gasteiger partial charge in [-0.1, -0.05) is 18.2 Å². The summed E-state index contributed by atoms with van der Waals surface area (Å²) in [6.45, 7) is 0.594. The zero-order valence-electron chi connectivity index (χ0n) is 16.1. The fourth-order valence-electron chi connectivity index (χ4n) is 2.37. The molecule has 0 fully saturated rings. The van der Waals surface area contributed by atoms with Crippen molar-refractivity contribution in [1.29, 1.82) is 0 Å². The molecular formula is C20H24N2O6. The van der Waals surface area contributed by atoms with Gasteiger partial charge in [-0.3, -0.25) is 9.59 Å². The molecule has 0 radical (unpaired) electrons. The zero-order chi connectivity index (χ0) is 20.4. The fourth-order valence-corrected chi connectivity index (χ4v) is 2.37. The van der Waals surface area contributed by atoms with Gasteiger partial charge in [-0.2, -0.15) is 0 Å². The number of benzene rings is 2. The molecule has 2 aromatic carbocycles. The number of carbonyl (C=O) groups excluding carboxylic acids is 2. The zero-order valence-corrected chi connectivity index (χ0v) is 16.1. The van der Waals surface area contributed by atoms with E-state index < -0.39 is 0 Å². The van der Waals surface area contributed by atoms with Crippen molar-refractivity contribution >= 4 is 23.2 Å². The van der Waals surface area contributed by atoms with E-state index in [2.05, 4.69) is 10.6 Å². The van der Waals surface area contributed by atoms with Crippen LogP contribution in [0.25, 0.3) is 0 Å². The molecule has 150 valence electrons. The van der Waals surface area contributed by atoms with E-state index in [9.17, 15) is 9.59 Å². The van der Waals surface area contributed by atoms with Crippen LogP contribution in [0.5, 0.6) is 11.5 Å². The van der Waals surface area contributed by atoms with Crippen LogP contribution in [0.3, 0.4) is 0 Å². The number of amides is 2. The third-order valence-corrected chi connectivity index (χ3v) is 3.74. The Labute approximate surface area is 163 Å². The maximum absolute atomic E-state index is 12.4. The van der Waals surface area contributed by atoms with Crippen LogP contribution in [0, 0.1) is 0 Å². The van der Waals surface area contributed by atoms with Gasteiger partial charge in [-0.05, 0) is 12.1 Å². The van der Waals surface area contributed by atoms with Gasteiger partial charge in [0.25, 0.3) is 5.91 Å². The maximum atomic E-state index is 12.4. The summed E-state index contributed by atoms with van der Waals surface area (Å²) in [5, 5.41) is 5.49. The van der Waals surface area contributed by atoms with Gasteiger partial charge in [0, 0.05) is 24.8 Å². The molecule has 0 saturated heterocycles. The summed E-state index contributed by atoms with van der Waals surface area (Å²) in [6.07, 6.45) is 0. The molecule has 2 N–H and O–H groups in total. The fraction of sp³-hybridized carbons (Fsp3) is 0.300. The Bertz CT molecular complexity index is 795. The normalized spacial score (nSPS) is 10.2. The number of ether oxygens (including phenoxy) is 4. The van der Waals surface area contributed by atoms with E-state index in [0.29, 0.717) is 41.7 Å². The summed E-state index contributed by atoms with van der Waals surface area (Å²) < 4.78 is 20.7. The van der Waals surface area contributed by atoms with E-state index in [1.807, 2.05) is 6.07 Å². The number of rotatable bonds is 10. The quantitative estimate of drug-likeness (QED) is 0.608. The second kappa shape index (κ2) is 10.9. The Kier molecular flexibility index (Phi) is 8.26. The first-order chi connectivity index (χ1) is 13.6. The third kappa shape index (κ3) is 5.97. The van der Waals surface area contributed by atoms with Gasteiger partial charge in [0.1, 0.15) is 18.1 Å². The van der Waals surface area contributed by atoms with Crippen LogP contribution in [0.15, 0.2) is 42.5 Å². The average molecular weight is 388 g/mol. The molecule has 0 unspecified atom stereocenters.